The predicted octanol–water partition coefficient (Wildman–Crippen LogP) is 3.98. The fourth-order valence-corrected chi connectivity index (χ4v) is 3.29. The van der Waals surface area contributed by atoms with Crippen LogP contribution in [-0.4, -0.2) is 42.5 Å². The second-order valence-electron chi connectivity index (χ2n) is 6.61. The molecule has 0 aliphatic carbocycles. The van der Waals surface area contributed by atoms with Crippen molar-refractivity contribution in [2.75, 3.05) is 31.7 Å². The van der Waals surface area contributed by atoms with Crippen LogP contribution in [0, 0.1) is 12.7 Å². The molecular formula is C20H19FN4O3S. The van der Waals surface area contributed by atoms with Crippen LogP contribution in [0.4, 0.5) is 21.6 Å². The van der Waals surface area contributed by atoms with Crippen LogP contribution in [0.25, 0.3) is 10.9 Å². The van der Waals surface area contributed by atoms with E-state index in [1.807, 2.05) is 13.0 Å². The molecule has 1 aromatic heterocycles. The molecule has 150 valence electrons. The summed E-state index contributed by atoms with van der Waals surface area (Å²) in [4.78, 5) is 8.67. The molecule has 3 aromatic rings. The Balaban J connectivity index is 1.63. The van der Waals surface area contributed by atoms with E-state index in [9.17, 15) is 4.39 Å². The van der Waals surface area contributed by atoms with Crippen LogP contribution >= 0.6 is 0 Å². The number of fused-ring (bicyclic) bond motifs is 1. The predicted molar refractivity (Wildman–Crippen MR) is 109 cm³/mol. The molecule has 4 rings (SSSR count). The molecule has 1 aliphatic rings. The number of nitrogens with one attached hydrogen (secondary N) is 1. The maximum atomic E-state index is 13.8. The van der Waals surface area contributed by atoms with Crippen molar-refractivity contribution < 1.29 is 18.6 Å². The van der Waals surface area contributed by atoms with Crippen molar-refractivity contribution in [3.05, 3.63) is 48.0 Å². The number of aromatic nitrogens is 2. The first-order valence-electron chi connectivity index (χ1n) is 9.11. The monoisotopic (exact) mass is 414 g/mol. The number of rotatable bonds is 6. The Kier molecular flexibility index (Phi) is 5.89. The largest absolute Gasteiger partial charge is 0.488 e. The standard InChI is InChI=1S/C20H19FN4O3S/c1-12-6-14(25-29)8-17-19(12)20(23-11-22-17)24-16-3-2-13(21)7-18(16)28-10-15-9-26-4-5-27-15/h2-3,6-8,11,15H,4-5,9-10H2,1H3,(H,22,23,24). The van der Waals surface area contributed by atoms with E-state index < -0.39 is 5.82 Å². The van der Waals surface area contributed by atoms with Gasteiger partial charge in [0.25, 0.3) is 0 Å². The van der Waals surface area contributed by atoms with E-state index in [4.69, 9.17) is 26.6 Å². The molecule has 0 saturated carbocycles. The number of aryl methyl sites for hydroxylation is 1. The zero-order valence-electron chi connectivity index (χ0n) is 15.7. The zero-order valence-corrected chi connectivity index (χ0v) is 16.5. The maximum Gasteiger partial charge on any atom is 0.145 e. The average molecular weight is 414 g/mol. The third-order valence-corrected chi connectivity index (χ3v) is 4.74. The second-order valence-corrected chi connectivity index (χ2v) is 6.80. The van der Waals surface area contributed by atoms with E-state index in [0.29, 0.717) is 48.3 Å². The number of hydrogen-bond acceptors (Lipinski definition) is 8. The first-order chi connectivity index (χ1) is 14.1. The Morgan fingerprint density at radius 1 is 1.28 bits per heavy atom. The Morgan fingerprint density at radius 2 is 2.17 bits per heavy atom. The number of hydrogen-bond donors (Lipinski definition) is 1. The summed E-state index contributed by atoms with van der Waals surface area (Å²) in [7, 11) is 0. The van der Waals surface area contributed by atoms with Crippen molar-refractivity contribution in [1.82, 2.24) is 9.97 Å². The van der Waals surface area contributed by atoms with Gasteiger partial charge in [-0.05, 0) is 36.8 Å². The minimum Gasteiger partial charge on any atom is -0.488 e. The summed E-state index contributed by atoms with van der Waals surface area (Å²) >= 11 is 4.79. The highest BCUT2D eigenvalue weighted by molar-refractivity contribution is 7.47. The highest BCUT2D eigenvalue weighted by atomic mass is 32.1. The van der Waals surface area contributed by atoms with Crippen LogP contribution in [0.1, 0.15) is 5.56 Å². The minimum atomic E-state index is -0.396. The summed E-state index contributed by atoms with van der Waals surface area (Å²) in [6.07, 6.45) is 1.26. The lowest BCUT2D eigenvalue weighted by atomic mass is 10.1. The highest BCUT2D eigenvalue weighted by Crippen LogP contribution is 2.33. The van der Waals surface area contributed by atoms with Gasteiger partial charge in [0, 0.05) is 23.9 Å². The molecule has 1 unspecified atom stereocenters. The zero-order chi connectivity index (χ0) is 20.2. The summed E-state index contributed by atoms with van der Waals surface area (Å²) in [6, 6.07) is 7.96. The van der Waals surface area contributed by atoms with Gasteiger partial charge in [-0.1, -0.05) is 0 Å². The van der Waals surface area contributed by atoms with Crippen molar-refractivity contribution in [2.24, 2.45) is 4.36 Å². The highest BCUT2D eigenvalue weighted by Gasteiger charge is 2.17. The minimum absolute atomic E-state index is 0.192. The molecule has 1 atom stereocenters. The number of halogens is 1. The van der Waals surface area contributed by atoms with Crippen molar-refractivity contribution in [3.8, 4) is 5.75 Å². The molecule has 29 heavy (non-hydrogen) atoms. The van der Waals surface area contributed by atoms with Crippen LogP contribution in [0.3, 0.4) is 0 Å². The quantitative estimate of drug-likeness (QED) is 0.654. The van der Waals surface area contributed by atoms with Gasteiger partial charge in [-0.25, -0.2) is 14.4 Å². The molecule has 9 heteroatoms. The molecule has 1 saturated heterocycles. The van der Waals surface area contributed by atoms with Gasteiger partial charge >= 0.3 is 0 Å². The Morgan fingerprint density at radius 3 is 2.97 bits per heavy atom. The summed E-state index contributed by atoms with van der Waals surface area (Å²) < 4.78 is 34.4. The number of nitrogens with zero attached hydrogens (tertiary/aromatic N) is 3. The SMILES string of the molecule is Cc1cc(N=S)cc2ncnc(Nc3ccc(F)cc3OCC3COCCO3)c12. The van der Waals surface area contributed by atoms with Crippen LogP contribution in [0.5, 0.6) is 5.75 Å². The Hall–Kier alpha value is -2.75. The molecule has 7 nitrogen and oxygen atoms in total. The molecule has 0 radical (unpaired) electrons. The Bertz CT molecular complexity index is 1040. The fraction of sp³-hybridized carbons (Fsp3) is 0.300. The lowest BCUT2D eigenvalue weighted by Crippen LogP contribution is -2.33. The molecule has 0 amide bonds. The van der Waals surface area contributed by atoms with Gasteiger partial charge in [-0.2, -0.15) is 4.36 Å². The lowest BCUT2D eigenvalue weighted by Gasteiger charge is -2.23. The number of benzene rings is 2. The molecule has 1 aliphatic heterocycles. The van der Waals surface area contributed by atoms with Gasteiger partial charge in [0.2, 0.25) is 0 Å². The van der Waals surface area contributed by atoms with E-state index >= 15 is 0 Å². The summed E-state index contributed by atoms with van der Waals surface area (Å²) in [5.41, 5.74) is 2.88. The van der Waals surface area contributed by atoms with Gasteiger partial charge in [-0.15, -0.1) is 0 Å². The molecule has 2 heterocycles. The molecular weight excluding hydrogens is 395 g/mol. The maximum absolute atomic E-state index is 13.8. The van der Waals surface area contributed by atoms with Crippen molar-refractivity contribution >= 4 is 40.5 Å². The van der Waals surface area contributed by atoms with Crippen molar-refractivity contribution in [1.29, 1.82) is 0 Å². The number of ether oxygens (including phenoxy) is 3. The van der Waals surface area contributed by atoms with Gasteiger partial charge in [0.05, 0.1) is 36.7 Å². The lowest BCUT2D eigenvalue weighted by molar-refractivity contribution is -0.101. The first-order valence-corrected chi connectivity index (χ1v) is 9.48. The third-order valence-electron chi connectivity index (χ3n) is 4.53. The van der Waals surface area contributed by atoms with Gasteiger partial charge in [0.15, 0.2) is 0 Å². The second kappa shape index (κ2) is 8.73. The fourth-order valence-electron chi connectivity index (χ4n) is 3.18. The molecule has 1 fully saturated rings. The van der Waals surface area contributed by atoms with Crippen LogP contribution < -0.4 is 10.1 Å². The molecule has 0 spiro atoms. The van der Waals surface area contributed by atoms with Crippen molar-refractivity contribution in [3.63, 3.8) is 0 Å². The normalized spacial score (nSPS) is 16.6. The van der Waals surface area contributed by atoms with E-state index in [2.05, 4.69) is 19.6 Å². The summed E-state index contributed by atoms with van der Waals surface area (Å²) in [6.45, 7) is 3.73. The van der Waals surface area contributed by atoms with E-state index in [0.717, 1.165) is 10.9 Å². The molecule has 2 aromatic carbocycles. The van der Waals surface area contributed by atoms with Crippen LogP contribution in [0.2, 0.25) is 0 Å². The van der Waals surface area contributed by atoms with Gasteiger partial charge in [0.1, 0.15) is 36.4 Å². The van der Waals surface area contributed by atoms with Gasteiger partial charge in [-0.3, -0.25) is 0 Å². The summed E-state index contributed by atoms with van der Waals surface area (Å²) in [5, 5.41) is 4.07. The molecule has 1 N–H and O–H groups in total. The smallest absolute Gasteiger partial charge is 0.145 e. The van der Waals surface area contributed by atoms with Crippen LogP contribution in [-0.2, 0) is 21.9 Å². The van der Waals surface area contributed by atoms with E-state index in [-0.39, 0.29) is 12.7 Å². The van der Waals surface area contributed by atoms with Gasteiger partial charge < -0.3 is 19.5 Å². The topological polar surface area (TPSA) is 77.9 Å². The third kappa shape index (κ3) is 4.47. The van der Waals surface area contributed by atoms with Crippen LogP contribution in [0.15, 0.2) is 41.0 Å². The average Bonchev–Trinajstić information content (AvgIpc) is 2.74. The Labute approximate surface area is 172 Å². The summed E-state index contributed by atoms with van der Waals surface area (Å²) in [5.74, 6) is 0.546. The van der Waals surface area contributed by atoms with Crippen molar-refractivity contribution in [2.45, 2.75) is 13.0 Å². The van der Waals surface area contributed by atoms with E-state index in [1.165, 1.54) is 18.5 Å². The van der Waals surface area contributed by atoms with E-state index in [1.54, 1.807) is 12.1 Å². The molecule has 0 bridgehead atoms. The first kappa shape index (κ1) is 19.6. The number of anilines is 2.